The Morgan fingerprint density at radius 1 is 1.00 bits per heavy atom. The van der Waals surface area contributed by atoms with Crippen LogP contribution < -0.4 is 10.2 Å². The number of hydrogen-bond acceptors (Lipinski definition) is 3. The summed E-state index contributed by atoms with van der Waals surface area (Å²) in [6.45, 7) is 6.98. The van der Waals surface area contributed by atoms with Crippen molar-refractivity contribution in [2.24, 2.45) is 0 Å². The van der Waals surface area contributed by atoms with Crippen LogP contribution in [0.25, 0.3) is 0 Å². The molecule has 1 N–H and O–H groups in total. The molecule has 0 atom stereocenters. The molecule has 4 heteroatoms. The summed E-state index contributed by atoms with van der Waals surface area (Å²) in [5, 5.41) is 3.00. The standard InChI is InChI=1S/C20H25N3O/c1-17-6-5-9-19(14-17)23-12-10-22(11-13-23)16-20(24)21-15-18-7-3-2-4-8-18/h2-9,14H,10-13,15-16H2,1H3,(H,21,24). The minimum absolute atomic E-state index is 0.0999. The highest BCUT2D eigenvalue weighted by molar-refractivity contribution is 5.78. The second-order valence-electron chi connectivity index (χ2n) is 6.36. The first kappa shape index (κ1) is 16.5. The van der Waals surface area contributed by atoms with Crippen LogP contribution in [0.1, 0.15) is 11.1 Å². The van der Waals surface area contributed by atoms with Gasteiger partial charge in [0.15, 0.2) is 0 Å². The van der Waals surface area contributed by atoms with Crippen LogP contribution in [-0.4, -0.2) is 43.5 Å². The van der Waals surface area contributed by atoms with Crippen molar-refractivity contribution >= 4 is 11.6 Å². The highest BCUT2D eigenvalue weighted by Gasteiger charge is 2.19. The van der Waals surface area contributed by atoms with Gasteiger partial charge in [0.05, 0.1) is 6.54 Å². The SMILES string of the molecule is Cc1cccc(N2CCN(CC(=O)NCc3ccccc3)CC2)c1. The topological polar surface area (TPSA) is 35.6 Å². The van der Waals surface area contributed by atoms with Crippen molar-refractivity contribution in [2.75, 3.05) is 37.6 Å². The Morgan fingerprint density at radius 2 is 1.75 bits per heavy atom. The van der Waals surface area contributed by atoms with Gasteiger partial charge < -0.3 is 10.2 Å². The van der Waals surface area contributed by atoms with E-state index in [0.717, 1.165) is 31.7 Å². The van der Waals surface area contributed by atoms with Crippen LogP contribution in [0.3, 0.4) is 0 Å². The molecule has 1 aliphatic heterocycles. The number of aryl methyl sites for hydroxylation is 1. The zero-order valence-corrected chi connectivity index (χ0v) is 14.2. The molecule has 1 saturated heterocycles. The normalized spacial score (nSPS) is 15.3. The fraction of sp³-hybridized carbons (Fsp3) is 0.350. The van der Waals surface area contributed by atoms with Gasteiger partial charge >= 0.3 is 0 Å². The molecule has 0 aliphatic carbocycles. The van der Waals surface area contributed by atoms with E-state index in [2.05, 4.69) is 46.3 Å². The monoisotopic (exact) mass is 323 g/mol. The highest BCUT2D eigenvalue weighted by Crippen LogP contribution is 2.17. The van der Waals surface area contributed by atoms with Gasteiger partial charge in [-0.25, -0.2) is 0 Å². The minimum Gasteiger partial charge on any atom is -0.369 e. The summed E-state index contributed by atoms with van der Waals surface area (Å²) in [6, 6.07) is 18.6. The van der Waals surface area contributed by atoms with E-state index in [9.17, 15) is 4.79 Å². The zero-order chi connectivity index (χ0) is 16.8. The maximum Gasteiger partial charge on any atom is 0.234 e. The van der Waals surface area contributed by atoms with Crippen LogP contribution in [0.15, 0.2) is 54.6 Å². The molecule has 1 heterocycles. The Balaban J connectivity index is 1.42. The maximum absolute atomic E-state index is 12.1. The van der Waals surface area contributed by atoms with E-state index in [1.165, 1.54) is 11.3 Å². The van der Waals surface area contributed by atoms with Crippen molar-refractivity contribution in [3.63, 3.8) is 0 Å². The van der Waals surface area contributed by atoms with E-state index < -0.39 is 0 Å². The van der Waals surface area contributed by atoms with Crippen LogP contribution in [0.5, 0.6) is 0 Å². The van der Waals surface area contributed by atoms with Crippen LogP contribution >= 0.6 is 0 Å². The van der Waals surface area contributed by atoms with Gasteiger partial charge in [0.1, 0.15) is 0 Å². The molecule has 4 nitrogen and oxygen atoms in total. The van der Waals surface area contributed by atoms with Gasteiger partial charge in [-0.2, -0.15) is 0 Å². The molecule has 2 aromatic carbocycles. The van der Waals surface area contributed by atoms with E-state index in [-0.39, 0.29) is 5.91 Å². The lowest BCUT2D eigenvalue weighted by Gasteiger charge is -2.35. The molecule has 2 aromatic rings. The summed E-state index contributed by atoms with van der Waals surface area (Å²) < 4.78 is 0. The predicted octanol–water partition coefficient (Wildman–Crippen LogP) is 2.43. The maximum atomic E-state index is 12.1. The third-order valence-electron chi connectivity index (χ3n) is 4.44. The largest absolute Gasteiger partial charge is 0.369 e. The molecule has 1 amide bonds. The molecular weight excluding hydrogens is 298 g/mol. The lowest BCUT2D eigenvalue weighted by atomic mass is 10.2. The number of nitrogens with one attached hydrogen (secondary N) is 1. The first-order valence-electron chi connectivity index (χ1n) is 8.55. The van der Waals surface area contributed by atoms with Crippen molar-refractivity contribution in [2.45, 2.75) is 13.5 Å². The average molecular weight is 323 g/mol. The quantitative estimate of drug-likeness (QED) is 0.918. The molecule has 0 spiro atoms. The molecule has 0 aromatic heterocycles. The van der Waals surface area contributed by atoms with Crippen molar-refractivity contribution in [1.82, 2.24) is 10.2 Å². The number of carbonyl (C=O) groups excluding carboxylic acids is 1. The Kier molecular flexibility index (Phi) is 5.49. The summed E-state index contributed by atoms with van der Waals surface area (Å²) in [7, 11) is 0. The van der Waals surface area contributed by atoms with E-state index >= 15 is 0 Å². The molecular formula is C20H25N3O. The third kappa shape index (κ3) is 4.59. The first-order chi connectivity index (χ1) is 11.7. The number of amides is 1. The number of nitrogens with zero attached hydrogens (tertiary/aromatic N) is 2. The molecule has 1 fully saturated rings. The molecule has 24 heavy (non-hydrogen) atoms. The van der Waals surface area contributed by atoms with E-state index in [1.807, 2.05) is 30.3 Å². The van der Waals surface area contributed by atoms with Crippen LogP contribution in [0.4, 0.5) is 5.69 Å². The molecule has 126 valence electrons. The van der Waals surface area contributed by atoms with Gasteiger partial charge in [-0.3, -0.25) is 9.69 Å². The molecule has 3 rings (SSSR count). The summed E-state index contributed by atoms with van der Waals surface area (Å²) in [5.74, 6) is 0.0999. The zero-order valence-electron chi connectivity index (χ0n) is 14.2. The number of piperazine rings is 1. The van der Waals surface area contributed by atoms with E-state index in [4.69, 9.17) is 0 Å². The van der Waals surface area contributed by atoms with Crippen LogP contribution in [-0.2, 0) is 11.3 Å². The molecule has 0 saturated carbocycles. The lowest BCUT2D eigenvalue weighted by molar-refractivity contribution is -0.122. The number of carbonyl (C=O) groups is 1. The van der Waals surface area contributed by atoms with Crippen molar-refractivity contribution in [3.8, 4) is 0 Å². The second-order valence-corrected chi connectivity index (χ2v) is 6.36. The van der Waals surface area contributed by atoms with Gasteiger partial charge in [-0.1, -0.05) is 42.5 Å². The Bertz CT molecular complexity index is 664. The average Bonchev–Trinajstić information content (AvgIpc) is 2.61. The predicted molar refractivity (Wildman–Crippen MR) is 98.1 cm³/mol. The number of benzene rings is 2. The van der Waals surface area contributed by atoms with Gasteiger partial charge in [-0.05, 0) is 30.2 Å². The number of rotatable bonds is 5. The summed E-state index contributed by atoms with van der Waals surface area (Å²) in [4.78, 5) is 16.7. The summed E-state index contributed by atoms with van der Waals surface area (Å²) >= 11 is 0. The second kappa shape index (κ2) is 7.97. The number of hydrogen-bond donors (Lipinski definition) is 1. The fourth-order valence-electron chi connectivity index (χ4n) is 3.04. The first-order valence-corrected chi connectivity index (χ1v) is 8.55. The molecule has 0 radical (unpaired) electrons. The summed E-state index contributed by atoms with van der Waals surface area (Å²) in [6.07, 6.45) is 0. The molecule has 1 aliphatic rings. The van der Waals surface area contributed by atoms with Gasteiger partial charge in [0.2, 0.25) is 5.91 Å². The molecule has 0 bridgehead atoms. The van der Waals surface area contributed by atoms with E-state index in [0.29, 0.717) is 13.1 Å². The third-order valence-corrected chi connectivity index (χ3v) is 4.44. The van der Waals surface area contributed by atoms with Crippen molar-refractivity contribution in [1.29, 1.82) is 0 Å². The smallest absolute Gasteiger partial charge is 0.234 e. The van der Waals surface area contributed by atoms with Crippen molar-refractivity contribution < 1.29 is 4.79 Å². The Labute approximate surface area is 144 Å². The lowest BCUT2D eigenvalue weighted by Crippen LogP contribution is -2.49. The number of anilines is 1. The van der Waals surface area contributed by atoms with Crippen molar-refractivity contribution in [3.05, 3.63) is 65.7 Å². The van der Waals surface area contributed by atoms with Gasteiger partial charge in [0, 0.05) is 38.4 Å². The van der Waals surface area contributed by atoms with Crippen LogP contribution in [0.2, 0.25) is 0 Å². The van der Waals surface area contributed by atoms with Gasteiger partial charge in [0.25, 0.3) is 0 Å². The highest BCUT2D eigenvalue weighted by atomic mass is 16.2. The van der Waals surface area contributed by atoms with E-state index in [1.54, 1.807) is 0 Å². The van der Waals surface area contributed by atoms with Gasteiger partial charge in [-0.15, -0.1) is 0 Å². The Hall–Kier alpha value is -2.33. The fourth-order valence-corrected chi connectivity index (χ4v) is 3.04. The molecule has 0 unspecified atom stereocenters. The Morgan fingerprint density at radius 3 is 2.46 bits per heavy atom. The minimum atomic E-state index is 0.0999. The van der Waals surface area contributed by atoms with Crippen LogP contribution in [0, 0.1) is 6.92 Å². The summed E-state index contributed by atoms with van der Waals surface area (Å²) in [5.41, 5.74) is 3.70.